The summed E-state index contributed by atoms with van der Waals surface area (Å²) >= 11 is 6.32. The smallest absolute Gasteiger partial charge is 0.238 e. The molecule has 0 amide bonds. The Hall–Kier alpha value is -2.87. The Morgan fingerprint density at radius 3 is 2.60 bits per heavy atom. The summed E-state index contributed by atoms with van der Waals surface area (Å²) in [6.07, 6.45) is 4.08. The van der Waals surface area contributed by atoms with E-state index in [0.717, 1.165) is 23.4 Å². The SMILES string of the molecule is C=C1C[C@H](c2ccc(Cl)c(Oc3cccnc3)c2)CN1c1ccc(S(N)(=O)=O)cc1. The highest BCUT2D eigenvalue weighted by Gasteiger charge is 2.28. The van der Waals surface area contributed by atoms with Gasteiger partial charge in [0.15, 0.2) is 0 Å². The number of anilines is 1. The number of nitrogens with zero attached hydrogens (tertiary/aromatic N) is 2. The predicted molar refractivity (Wildman–Crippen MR) is 117 cm³/mol. The number of sulfonamides is 1. The fourth-order valence-corrected chi connectivity index (χ4v) is 4.19. The molecule has 8 heteroatoms. The average molecular weight is 442 g/mol. The normalized spacial score (nSPS) is 16.7. The average Bonchev–Trinajstić information content (AvgIpc) is 3.11. The summed E-state index contributed by atoms with van der Waals surface area (Å²) in [4.78, 5) is 6.22. The Bertz CT molecular complexity index is 1180. The van der Waals surface area contributed by atoms with Crippen molar-refractivity contribution < 1.29 is 13.2 Å². The lowest BCUT2D eigenvalue weighted by Gasteiger charge is -2.20. The van der Waals surface area contributed by atoms with E-state index in [-0.39, 0.29) is 10.8 Å². The van der Waals surface area contributed by atoms with E-state index in [0.29, 0.717) is 23.1 Å². The zero-order valence-electron chi connectivity index (χ0n) is 16.0. The highest BCUT2D eigenvalue weighted by atomic mass is 35.5. The molecule has 2 N–H and O–H groups in total. The molecule has 6 nitrogen and oxygen atoms in total. The van der Waals surface area contributed by atoms with Crippen LogP contribution in [0.2, 0.25) is 5.02 Å². The van der Waals surface area contributed by atoms with Crippen molar-refractivity contribution in [1.29, 1.82) is 0 Å². The monoisotopic (exact) mass is 441 g/mol. The highest BCUT2D eigenvalue weighted by Crippen LogP contribution is 2.39. The number of primary sulfonamides is 1. The molecule has 0 saturated carbocycles. The molecule has 1 atom stereocenters. The molecule has 0 aliphatic carbocycles. The van der Waals surface area contributed by atoms with Gasteiger partial charge in [-0.2, -0.15) is 0 Å². The molecule has 4 rings (SSSR count). The second-order valence-corrected chi connectivity index (χ2v) is 9.07. The van der Waals surface area contributed by atoms with Crippen LogP contribution in [0.15, 0.2) is 84.2 Å². The number of aromatic nitrogens is 1. The molecule has 1 aliphatic rings. The maximum absolute atomic E-state index is 11.5. The maximum atomic E-state index is 11.5. The molecule has 0 spiro atoms. The lowest BCUT2D eigenvalue weighted by molar-refractivity contribution is 0.479. The Balaban J connectivity index is 1.55. The molecule has 1 saturated heterocycles. The first-order chi connectivity index (χ1) is 14.3. The van der Waals surface area contributed by atoms with Crippen molar-refractivity contribution in [3.8, 4) is 11.5 Å². The van der Waals surface area contributed by atoms with Crippen LogP contribution in [0.3, 0.4) is 0 Å². The Labute approximate surface area is 180 Å². The van der Waals surface area contributed by atoms with E-state index >= 15 is 0 Å². The zero-order chi connectivity index (χ0) is 21.3. The van der Waals surface area contributed by atoms with E-state index < -0.39 is 10.0 Å². The third-order valence-electron chi connectivity index (χ3n) is 5.03. The Kier molecular flexibility index (Phi) is 5.51. The van der Waals surface area contributed by atoms with Gasteiger partial charge in [0.1, 0.15) is 11.5 Å². The molecule has 1 aliphatic heterocycles. The number of ether oxygens (including phenoxy) is 1. The fraction of sp³-hybridized carbons (Fsp3) is 0.136. The number of hydrogen-bond acceptors (Lipinski definition) is 5. The number of allylic oxidation sites excluding steroid dienone is 1. The van der Waals surface area contributed by atoms with Crippen molar-refractivity contribution in [2.24, 2.45) is 5.14 Å². The van der Waals surface area contributed by atoms with Gasteiger partial charge in [-0.25, -0.2) is 13.6 Å². The van der Waals surface area contributed by atoms with Gasteiger partial charge in [-0.3, -0.25) is 4.98 Å². The number of hydrogen-bond donors (Lipinski definition) is 1. The van der Waals surface area contributed by atoms with Gasteiger partial charge >= 0.3 is 0 Å². The van der Waals surface area contributed by atoms with Gasteiger partial charge in [0.2, 0.25) is 10.0 Å². The van der Waals surface area contributed by atoms with Gasteiger partial charge in [-0.15, -0.1) is 0 Å². The van der Waals surface area contributed by atoms with E-state index in [2.05, 4.69) is 16.5 Å². The molecule has 1 fully saturated rings. The van der Waals surface area contributed by atoms with Crippen LogP contribution in [-0.2, 0) is 10.0 Å². The van der Waals surface area contributed by atoms with E-state index in [9.17, 15) is 8.42 Å². The topological polar surface area (TPSA) is 85.5 Å². The summed E-state index contributed by atoms with van der Waals surface area (Å²) < 4.78 is 28.8. The van der Waals surface area contributed by atoms with Crippen molar-refractivity contribution in [3.63, 3.8) is 0 Å². The van der Waals surface area contributed by atoms with Crippen LogP contribution in [0.5, 0.6) is 11.5 Å². The summed E-state index contributed by atoms with van der Waals surface area (Å²) in [5, 5.41) is 5.70. The van der Waals surface area contributed by atoms with Crippen LogP contribution >= 0.6 is 11.6 Å². The summed E-state index contributed by atoms with van der Waals surface area (Å²) in [7, 11) is -3.72. The Morgan fingerprint density at radius 1 is 1.17 bits per heavy atom. The minimum absolute atomic E-state index is 0.0857. The summed E-state index contributed by atoms with van der Waals surface area (Å²) in [6, 6.07) is 15.9. The van der Waals surface area contributed by atoms with Crippen LogP contribution < -0.4 is 14.8 Å². The number of nitrogens with two attached hydrogens (primary N) is 1. The molecule has 30 heavy (non-hydrogen) atoms. The van der Waals surface area contributed by atoms with Crippen LogP contribution in [0.1, 0.15) is 17.9 Å². The van der Waals surface area contributed by atoms with Crippen LogP contribution in [-0.4, -0.2) is 19.9 Å². The van der Waals surface area contributed by atoms with Gasteiger partial charge in [-0.1, -0.05) is 24.2 Å². The van der Waals surface area contributed by atoms with Crippen LogP contribution in [0.25, 0.3) is 0 Å². The van der Waals surface area contributed by atoms with Crippen molar-refractivity contribution in [3.05, 3.63) is 89.9 Å². The largest absolute Gasteiger partial charge is 0.454 e. The minimum Gasteiger partial charge on any atom is -0.454 e. The van der Waals surface area contributed by atoms with E-state index in [4.69, 9.17) is 21.5 Å². The summed E-state index contributed by atoms with van der Waals surface area (Å²) in [5.74, 6) is 1.39. The van der Waals surface area contributed by atoms with Crippen LogP contribution in [0, 0.1) is 0 Å². The molecule has 2 aromatic carbocycles. The minimum atomic E-state index is -3.72. The zero-order valence-corrected chi connectivity index (χ0v) is 17.6. The first-order valence-electron chi connectivity index (χ1n) is 9.27. The van der Waals surface area contributed by atoms with Gasteiger partial charge in [0, 0.05) is 30.0 Å². The third kappa shape index (κ3) is 4.33. The molecule has 154 valence electrons. The predicted octanol–water partition coefficient (Wildman–Crippen LogP) is 4.68. The lowest BCUT2D eigenvalue weighted by Crippen LogP contribution is -2.18. The molecule has 0 unspecified atom stereocenters. The van der Waals surface area contributed by atoms with Gasteiger partial charge in [0.05, 0.1) is 16.1 Å². The standard InChI is InChI=1S/C22H20ClN3O3S/c1-15-11-17(14-26(15)18-5-7-20(8-6-18)30(24,27)28)16-4-9-21(23)22(12-16)29-19-3-2-10-25-13-19/h2-10,12-13,17H,1,11,14H2,(H2,24,27,28)/t17-/m0/s1. The van der Waals surface area contributed by atoms with Crippen LogP contribution in [0.4, 0.5) is 5.69 Å². The number of halogens is 1. The molecular formula is C22H20ClN3O3S. The van der Waals surface area contributed by atoms with E-state index in [1.54, 1.807) is 30.6 Å². The molecule has 0 radical (unpaired) electrons. The molecule has 2 heterocycles. The second-order valence-electron chi connectivity index (χ2n) is 7.10. The highest BCUT2D eigenvalue weighted by molar-refractivity contribution is 7.89. The quantitative estimate of drug-likeness (QED) is 0.621. The Morgan fingerprint density at radius 2 is 1.93 bits per heavy atom. The number of rotatable bonds is 5. The van der Waals surface area contributed by atoms with Crippen molar-refractivity contribution in [1.82, 2.24) is 4.98 Å². The lowest BCUT2D eigenvalue weighted by atomic mass is 9.97. The maximum Gasteiger partial charge on any atom is 0.238 e. The van der Waals surface area contributed by atoms with Crippen molar-refractivity contribution in [2.45, 2.75) is 17.2 Å². The molecular weight excluding hydrogens is 422 g/mol. The summed E-state index contributed by atoms with van der Waals surface area (Å²) in [5.41, 5.74) is 2.91. The molecule has 0 bridgehead atoms. The molecule has 3 aromatic rings. The van der Waals surface area contributed by atoms with E-state index in [1.807, 2.05) is 24.3 Å². The summed E-state index contributed by atoms with van der Waals surface area (Å²) in [6.45, 7) is 4.89. The first-order valence-corrected chi connectivity index (χ1v) is 11.2. The third-order valence-corrected chi connectivity index (χ3v) is 6.27. The molecule has 1 aromatic heterocycles. The number of benzene rings is 2. The van der Waals surface area contributed by atoms with Gasteiger partial charge < -0.3 is 9.64 Å². The van der Waals surface area contributed by atoms with Crippen molar-refractivity contribution in [2.75, 3.05) is 11.4 Å². The van der Waals surface area contributed by atoms with Crippen molar-refractivity contribution >= 4 is 27.3 Å². The second kappa shape index (κ2) is 8.10. The van der Waals surface area contributed by atoms with Gasteiger partial charge in [0.25, 0.3) is 0 Å². The first kappa shape index (κ1) is 20.4. The number of pyridine rings is 1. The van der Waals surface area contributed by atoms with Gasteiger partial charge in [-0.05, 0) is 60.5 Å². The fourth-order valence-electron chi connectivity index (χ4n) is 3.52. The van der Waals surface area contributed by atoms with E-state index in [1.165, 1.54) is 12.1 Å².